The smallest absolute Gasteiger partial charge is 0.161 e. The molecule has 2 heterocycles. The highest BCUT2D eigenvalue weighted by atomic mass is 19.1. The molecule has 8 heteroatoms. The van der Waals surface area contributed by atoms with E-state index in [0.717, 1.165) is 135 Å². The molecule has 0 aliphatic carbocycles. The molecular formula is C96H110F2N2O4. The minimum atomic E-state index is -0.337. The Hall–Kier alpha value is -9.14. The van der Waals surface area contributed by atoms with Crippen LogP contribution in [0.15, 0.2) is 170 Å². The van der Waals surface area contributed by atoms with Gasteiger partial charge in [-0.3, -0.25) is 0 Å². The molecule has 10 aromatic carbocycles. The average Bonchev–Trinajstić information content (AvgIpc) is 1.60. The molecule has 0 fully saturated rings. The molecule has 542 valence electrons. The van der Waals surface area contributed by atoms with E-state index in [1.807, 2.05) is 38.1 Å². The number of phenolic OH excluding ortho intramolecular Hbond substituents is 2. The Labute approximate surface area is 618 Å². The van der Waals surface area contributed by atoms with Gasteiger partial charge in [0, 0.05) is 32.7 Å². The van der Waals surface area contributed by atoms with Crippen molar-refractivity contribution in [3.8, 4) is 78.9 Å². The van der Waals surface area contributed by atoms with Crippen molar-refractivity contribution in [2.24, 2.45) is 10.8 Å². The number of phenols is 2. The van der Waals surface area contributed by atoms with E-state index in [9.17, 15) is 10.2 Å². The second-order valence-corrected chi connectivity index (χ2v) is 37.8. The third-order valence-electron chi connectivity index (χ3n) is 21.0. The van der Waals surface area contributed by atoms with Gasteiger partial charge in [0.25, 0.3) is 0 Å². The maximum atomic E-state index is 16.2. The Bertz CT molecular complexity index is 4820. The first-order valence-electron chi connectivity index (χ1n) is 37.3. The highest BCUT2D eigenvalue weighted by Gasteiger charge is 2.35. The molecule has 0 saturated carbocycles. The van der Waals surface area contributed by atoms with Crippen molar-refractivity contribution >= 4 is 43.6 Å². The predicted molar refractivity (Wildman–Crippen MR) is 436 cm³/mol. The second kappa shape index (κ2) is 26.5. The SMILES string of the molecule is Cc1cc(F)cc(-c2cc(C(C)(C)CC(C)(C)C)cc(-n3c4ccc(C(C)(C)C)cc4c4cc(C(C)(C)C)ccc43)c2-c2ccc(O)c(OCCOc3cc(-c4c(-c5cc(C)cc(F)c5)cc(C(C)(C)CC(C)(C)C)cc4-n4c5ccc(C(C)(C)C)cc5c5cc(C(C)(C)C)ccc54)ccc3O)c2)c1. The summed E-state index contributed by atoms with van der Waals surface area (Å²) in [7, 11) is 0. The van der Waals surface area contributed by atoms with Crippen molar-refractivity contribution < 1.29 is 28.5 Å². The summed E-state index contributed by atoms with van der Waals surface area (Å²) in [5.41, 5.74) is 19.8. The lowest BCUT2D eigenvalue weighted by molar-refractivity contribution is 0.207. The largest absolute Gasteiger partial charge is 0.504 e. The van der Waals surface area contributed by atoms with Crippen LogP contribution in [0.1, 0.15) is 210 Å². The number of hydrogen-bond acceptors (Lipinski definition) is 4. The van der Waals surface area contributed by atoms with Gasteiger partial charge in [-0.2, -0.15) is 0 Å². The molecule has 0 radical (unpaired) electrons. The maximum Gasteiger partial charge on any atom is 0.161 e. The number of benzene rings is 10. The number of nitrogens with zero attached hydrogens (tertiary/aromatic N) is 2. The average molecular weight is 1390 g/mol. The number of rotatable bonds is 15. The van der Waals surface area contributed by atoms with Crippen LogP contribution in [0.2, 0.25) is 0 Å². The molecule has 104 heavy (non-hydrogen) atoms. The first-order valence-corrected chi connectivity index (χ1v) is 37.3. The van der Waals surface area contributed by atoms with Gasteiger partial charge in [0.15, 0.2) is 23.0 Å². The standard InChI is InChI=1S/C96H110F2N2O4/c1-57-39-61(43-69(97)41-57)71-51-67(95(21,22)55-89(3,4)5)53-81(99-77-31-27-63(91(9,10)11)47-73(77)74-48-64(92(12,13)14)28-32-78(74)99)87(71)59-25-35-83(101)85(45-59)103-37-38-104-86-46-60(26-36-84(86)102)88-72(62-40-58(2)42-70(98)44-62)52-68(96(23,24)56-90(6,7)8)54-82(88)100-79-33-29-65(93(15,16)17)49-75(79)76-50-66(94(18,19)20)30-34-80(76)100/h25-36,39-54,101-102H,37-38,55-56H2,1-24H3. The van der Waals surface area contributed by atoms with Gasteiger partial charge in [0.2, 0.25) is 0 Å². The Morgan fingerprint density at radius 1 is 0.317 bits per heavy atom. The van der Waals surface area contributed by atoms with Crippen LogP contribution < -0.4 is 9.47 Å². The van der Waals surface area contributed by atoms with Gasteiger partial charge < -0.3 is 28.8 Å². The zero-order valence-corrected chi connectivity index (χ0v) is 66.4. The van der Waals surface area contributed by atoms with Crippen LogP contribution in [-0.4, -0.2) is 32.6 Å². The Kier molecular flexibility index (Phi) is 19.0. The van der Waals surface area contributed by atoms with E-state index in [1.54, 1.807) is 36.4 Å². The fourth-order valence-corrected chi connectivity index (χ4v) is 16.4. The molecule has 0 saturated heterocycles. The van der Waals surface area contributed by atoms with Gasteiger partial charge in [0.1, 0.15) is 24.8 Å². The molecule has 0 bridgehead atoms. The third kappa shape index (κ3) is 15.1. The molecule has 2 N–H and O–H groups in total. The van der Waals surface area contributed by atoms with Crippen LogP contribution in [0.4, 0.5) is 8.78 Å². The van der Waals surface area contributed by atoms with E-state index >= 15 is 8.78 Å². The number of aromatic nitrogens is 2. The molecule has 6 nitrogen and oxygen atoms in total. The second-order valence-electron chi connectivity index (χ2n) is 37.8. The minimum Gasteiger partial charge on any atom is -0.504 e. The summed E-state index contributed by atoms with van der Waals surface area (Å²) >= 11 is 0. The maximum absolute atomic E-state index is 16.2. The molecule has 12 rings (SSSR count). The zero-order valence-electron chi connectivity index (χ0n) is 66.4. The van der Waals surface area contributed by atoms with Gasteiger partial charge in [0.05, 0.1) is 33.4 Å². The highest BCUT2D eigenvalue weighted by molar-refractivity contribution is 6.12. The number of hydrogen-bond donors (Lipinski definition) is 2. The molecule has 0 atom stereocenters. The molecule has 0 amide bonds. The first-order chi connectivity index (χ1) is 48.2. The topological polar surface area (TPSA) is 68.8 Å². The van der Waals surface area contributed by atoms with Crippen LogP contribution in [0.3, 0.4) is 0 Å². The number of ether oxygens (including phenoxy) is 2. The fourth-order valence-electron chi connectivity index (χ4n) is 16.4. The van der Waals surface area contributed by atoms with Crippen LogP contribution in [0.5, 0.6) is 23.0 Å². The molecule has 0 aliphatic rings. The first kappa shape index (κ1) is 74.6. The summed E-state index contributed by atoms with van der Waals surface area (Å²) < 4.78 is 50.5. The van der Waals surface area contributed by atoms with Gasteiger partial charge >= 0.3 is 0 Å². The van der Waals surface area contributed by atoms with Gasteiger partial charge in [-0.1, -0.05) is 201 Å². The van der Waals surface area contributed by atoms with Crippen LogP contribution in [-0.2, 0) is 32.5 Å². The monoisotopic (exact) mass is 1390 g/mol. The van der Waals surface area contributed by atoms with E-state index < -0.39 is 0 Å². The summed E-state index contributed by atoms with van der Waals surface area (Å²) in [4.78, 5) is 0. The predicted octanol–water partition coefficient (Wildman–Crippen LogP) is 26.9. The van der Waals surface area contributed by atoms with Crippen molar-refractivity contribution in [1.29, 1.82) is 0 Å². The van der Waals surface area contributed by atoms with Gasteiger partial charge in [-0.05, 0) is 269 Å². The van der Waals surface area contributed by atoms with Crippen molar-refractivity contribution in [2.45, 2.75) is 212 Å². The van der Waals surface area contributed by atoms with Crippen molar-refractivity contribution in [3.05, 3.63) is 226 Å². The molecule has 0 unspecified atom stereocenters. The van der Waals surface area contributed by atoms with Crippen LogP contribution in [0.25, 0.3) is 99.5 Å². The summed E-state index contributed by atoms with van der Waals surface area (Å²) in [5.74, 6) is -0.339. The molecule has 0 spiro atoms. The molecule has 2 aromatic heterocycles. The quantitative estimate of drug-likeness (QED) is 0.100. The van der Waals surface area contributed by atoms with Gasteiger partial charge in [-0.25, -0.2) is 8.78 Å². The highest BCUT2D eigenvalue weighted by Crippen LogP contribution is 2.52. The van der Waals surface area contributed by atoms with Gasteiger partial charge in [-0.15, -0.1) is 0 Å². The molecule has 12 aromatic rings. The number of halogens is 2. The number of aryl methyl sites for hydroxylation is 2. The number of aromatic hydroxyl groups is 2. The van der Waals surface area contributed by atoms with E-state index in [2.05, 4.69) is 271 Å². The normalized spacial score (nSPS) is 13.1. The Morgan fingerprint density at radius 3 is 0.885 bits per heavy atom. The van der Waals surface area contributed by atoms with Crippen molar-refractivity contribution in [3.63, 3.8) is 0 Å². The third-order valence-corrected chi connectivity index (χ3v) is 21.0. The summed E-state index contributed by atoms with van der Waals surface area (Å²) in [5, 5.41) is 28.5. The molecular weight excluding hydrogens is 1280 g/mol. The fraction of sp³-hybridized carbons (Fsp3) is 0.375. The van der Waals surface area contributed by atoms with E-state index in [1.165, 1.54) is 22.3 Å². The van der Waals surface area contributed by atoms with Crippen molar-refractivity contribution in [2.75, 3.05) is 13.2 Å². The minimum absolute atomic E-state index is 0.0202. The van der Waals surface area contributed by atoms with Crippen LogP contribution in [0, 0.1) is 36.3 Å². The lowest BCUT2D eigenvalue weighted by atomic mass is 9.71. The summed E-state index contributed by atoms with van der Waals surface area (Å²) in [6.45, 7) is 53.8. The lowest BCUT2D eigenvalue weighted by Crippen LogP contribution is -2.25. The Balaban J connectivity index is 1.01. The van der Waals surface area contributed by atoms with E-state index in [-0.39, 0.29) is 91.2 Å². The Morgan fingerprint density at radius 2 is 0.615 bits per heavy atom. The summed E-state index contributed by atoms with van der Waals surface area (Å²) in [6.07, 6.45) is 1.75. The lowest BCUT2D eigenvalue weighted by Gasteiger charge is -2.34. The number of fused-ring (bicyclic) bond motifs is 6. The zero-order chi connectivity index (χ0) is 75.7. The van der Waals surface area contributed by atoms with Crippen LogP contribution >= 0.6 is 0 Å². The summed E-state index contributed by atoms with van der Waals surface area (Å²) in [6, 6.07) is 58.2. The van der Waals surface area contributed by atoms with E-state index in [0.29, 0.717) is 0 Å². The van der Waals surface area contributed by atoms with E-state index in [4.69, 9.17) is 9.47 Å². The molecule has 0 aliphatic heterocycles. The van der Waals surface area contributed by atoms with Crippen molar-refractivity contribution in [1.82, 2.24) is 9.13 Å².